The number of hydrogen-bond donors (Lipinski definition) is 2. The van der Waals surface area contributed by atoms with Crippen molar-refractivity contribution in [2.45, 2.75) is 0 Å². The third-order valence-corrected chi connectivity index (χ3v) is 8.04. The van der Waals surface area contributed by atoms with Gasteiger partial charge in [0, 0.05) is 42.5 Å². The van der Waals surface area contributed by atoms with E-state index < -0.39 is 29.8 Å². The molecule has 0 aromatic heterocycles. The first-order chi connectivity index (χ1) is 3.71. The van der Waals surface area contributed by atoms with Gasteiger partial charge in [-0.1, -0.05) is 0 Å². The average Bonchev–Trinajstić information content (AvgIpc) is 1.14. The van der Waals surface area contributed by atoms with E-state index in [1.54, 1.807) is 0 Å². The first-order valence-electron chi connectivity index (χ1n) is 1.37. The molecule has 0 saturated carbocycles. The second-order valence-corrected chi connectivity index (χ2v) is 11.1. The summed E-state index contributed by atoms with van der Waals surface area (Å²) in [4.78, 5) is 0. The molecule has 0 unspecified atom stereocenters. The fourth-order valence-corrected chi connectivity index (χ4v) is 5.08. The molecular weight excluding hydrogens is 329 g/mol. The molecule has 0 saturated heterocycles. The van der Waals surface area contributed by atoms with E-state index in [0.29, 0.717) is 0 Å². The monoisotopic (exact) mass is 330 g/mol. The summed E-state index contributed by atoms with van der Waals surface area (Å²) in [6.07, 6.45) is 0. The van der Waals surface area contributed by atoms with Crippen LogP contribution in [-0.2, 0) is 36.6 Å². The summed E-state index contributed by atoms with van der Waals surface area (Å²) in [5.74, 6) is 0. The molecule has 60 valence electrons. The topological polar surface area (TPSA) is 109 Å². The van der Waals surface area contributed by atoms with E-state index in [2.05, 4.69) is 0 Å². The maximum Gasteiger partial charge on any atom is 0 e. The Hall–Kier alpha value is 1.73. The zero-order valence-corrected chi connectivity index (χ0v) is 12.9. The molecule has 0 aliphatic heterocycles. The van der Waals surface area contributed by atoms with Crippen LogP contribution in [-0.4, -0.2) is 61.7 Å². The molecule has 0 bridgehead atoms. The van der Waals surface area contributed by atoms with Gasteiger partial charge >= 0.3 is 55.7 Å². The SMILES string of the molecule is O=S(=O)(O)[Se]S(=O)(=O)O.[Mg].[Zn]. The van der Waals surface area contributed by atoms with Crippen molar-refractivity contribution in [1.29, 1.82) is 0 Å². The fraction of sp³-hybridized carbons (Fsp3) is 0. The van der Waals surface area contributed by atoms with Crippen LogP contribution in [0, 0.1) is 0 Å². The summed E-state index contributed by atoms with van der Waals surface area (Å²) in [7, 11) is -9.11. The van der Waals surface area contributed by atoms with Gasteiger partial charge in [0.25, 0.3) is 0 Å². The summed E-state index contributed by atoms with van der Waals surface area (Å²) in [6.45, 7) is 0. The second-order valence-electron chi connectivity index (χ2n) is 0.924. The van der Waals surface area contributed by atoms with Gasteiger partial charge in [-0.2, -0.15) is 0 Å². The largest absolute Gasteiger partial charge is 0 e. The van der Waals surface area contributed by atoms with Gasteiger partial charge in [-0.05, 0) is 0 Å². The Labute approximate surface area is 97.2 Å². The van der Waals surface area contributed by atoms with Crippen LogP contribution in [0.3, 0.4) is 0 Å². The third-order valence-electron chi connectivity index (χ3n) is 0.172. The average molecular weight is 331 g/mol. The van der Waals surface area contributed by atoms with E-state index in [1.807, 2.05) is 0 Å². The van der Waals surface area contributed by atoms with E-state index in [0.717, 1.165) is 0 Å². The van der Waals surface area contributed by atoms with Crippen molar-refractivity contribution in [2.24, 2.45) is 0 Å². The van der Waals surface area contributed by atoms with Gasteiger partial charge in [0.1, 0.15) is 0 Å². The van der Waals surface area contributed by atoms with E-state index >= 15 is 0 Å². The quantitative estimate of drug-likeness (QED) is 0.444. The first kappa shape index (κ1) is 18.5. The second kappa shape index (κ2) is 6.22. The van der Waals surface area contributed by atoms with Crippen LogP contribution in [0.4, 0.5) is 0 Å². The van der Waals surface area contributed by atoms with Crippen molar-refractivity contribution in [3.8, 4) is 0 Å². The Balaban J connectivity index is -0.000000320. The smallest absolute Gasteiger partial charge is 0 e. The third kappa shape index (κ3) is 18.6. The van der Waals surface area contributed by atoms with Gasteiger partial charge < -0.3 is 0 Å². The van der Waals surface area contributed by atoms with Crippen molar-refractivity contribution in [2.75, 3.05) is 0 Å². The van der Waals surface area contributed by atoms with Crippen molar-refractivity contribution >= 4 is 52.8 Å². The van der Waals surface area contributed by atoms with E-state index in [1.165, 1.54) is 0 Å². The fourth-order valence-electron chi connectivity index (χ4n) is 0.109. The van der Waals surface area contributed by atoms with Gasteiger partial charge in [0.15, 0.2) is 0 Å². The molecule has 6 nitrogen and oxygen atoms in total. The molecule has 0 amide bonds. The minimum Gasteiger partial charge on any atom is 0 e. The molecule has 0 aliphatic carbocycles. The Morgan fingerprint density at radius 1 is 0.909 bits per heavy atom. The van der Waals surface area contributed by atoms with Gasteiger partial charge in [-0.15, -0.1) is 0 Å². The Morgan fingerprint density at radius 3 is 1.09 bits per heavy atom. The summed E-state index contributed by atoms with van der Waals surface area (Å²) in [5.41, 5.74) is 0. The summed E-state index contributed by atoms with van der Waals surface area (Å²) in [5, 5.41) is 0. The minimum atomic E-state index is -4.56. The normalized spacial score (nSPS) is 11.1. The Kier molecular flexibility index (Phi) is 10.5. The van der Waals surface area contributed by atoms with Crippen LogP contribution in [0.25, 0.3) is 0 Å². The maximum atomic E-state index is 9.69. The molecule has 11 heteroatoms. The van der Waals surface area contributed by atoms with E-state index in [-0.39, 0.29) is 42.5 Å². The predicted octanol–water partition coefficient (Wildman–Crippen LogP) is -2.09. The van der Waals surface area contributed by atoms with Crippen LogP contribution in [0.2, 0.25) is 0 Å². The van der Waals surface area contributed by atoms with E-state index in [9.17, 15) is 16.8 Å². The van der Waals surface area contributed by atoms with Crippen molar-refractivity contribution < 1.29 is 45.4 Å². The molecule has 0 atom stereocenters. The molecule has 2 N–H and O–H groups in total. The zero-order chi connectivity index (χ0) is 7.71. The Bertz CT molecular complexity index is 246. The van der Waals surface area contributed by atoms with Crippen molar-refractivity contribution in [1.82, 2.24) is 0 Å². The Morgan fingerprint density at radius 2 is 1.09 bits per heavy atom. The zero-order valence-electron chi connectivity index (χ0n) is 5.17. The van der Waals surface area contributed by atoms with Crippen molar-refractivity contribution in [3.63, 3.8) is 0 Å². The summed E-state index contributed by atoms with van der Waals surface area (Å²) >= 11 is -2.19. The van der Waals surface area contributed by atoms with Crippen LogP contribution >= 0.6 is 0 Å². The maximum absolute atomic E-state index is 9.69. The standard InChI is InChI=1S/Mg.H2O6S2Se.Zn/c;1-7(2,3)9-8(4,5)6;/h;(H,1,2,3)(H,4,5,6);. The van der Waals surface area contributed by atoms with Crippen LogP contribution in [0.15, 0.2) is 0 Å². The molecule has 0 fully saturated rings. The molecule has 0 spiro atoms. The molecular formula is H2MgO6S2SeZn. The van der Waals surface area contributed by atoms with Crippen LogP contribution in [0.1, 0.15) is 0 Å². The molecule has 0 rings (SSSR count). The summed E-state index contributed by atoms with van der Waals surface area (Å²) < 4.78 is 54.4. The van der Waals surface area contributed by atoms with Crippen molar-refractivity contribution in [3.05, 3.63) is 0 Å². The predicted molar refractivity (Wildman–Crippen MR) is 34.6 cm³/mol. The molecule has 0 heterocycles. The minimum absolute atomic E-state index is 0. The van der Waals surface area contributed by atoms with Crippen LogP contribution < -0.4 is 0 Å². The van der Waals surface area contributed by atoms with Gasteiger partial charge in [-0.25, -0.2) is 0 Å². The molecule has 0 aromatic rings. The molecule has 0 aromatic carbocycles. The number of rotatable bonds is 2. The molecule has 2 radical (unpaired) electrons. The van der Waals surface area contributed by atoms with Gasteiger partial charge in [0.05, 0.1) is 0 Å². The number of hydrogen-bond acceptors (Lipinski definition) is 4. The summed E-state index contributed by atoms with van der Waals surface area (Å²) in [6, 6.07) is 0. The van der Waals surface area contributed by atoms with E-state index in [4.69, 9.17) is 9.11 Å². The van der Waals surface area contributed by atoms with Crippen LogP contribution in [0.5, 0.6) is 0 Å². The molecule has 0 aliphatic rings. The molecule has 11 heavy (non-hydrogen) atoms. The first-order valence-corrected chi connectivity index (χ1v) is 8.29. The van der Waals surface area contributed by atoms with Gasteiger partial charge in [-0.3, -0.25) is 0 Å². The van der Waals surface area contributed by atoms with Gasteiger partial charge in [0.2, 0.25) is 0 Å².